The molecule has 0 aliphatic carbocycles. The van der Waals surface area contributed by atoms with E-state index in [1.54, 1.807) is 13.0 Å². The largest absolute Gasteiger partial charge is 0.481 e. The van der Waals surface area contributed by atoms with E-state index in [1.165, 1.54) is 17.0 Å². The predicted octanol–water partition coefficient (Wildman–Crippen LogP) is 2.64. The first kappa shape index (κ1) is 16.3. The second kappa shape index (κ2) is 6.77. The number of carboxylic acid groups (broad SMARTS) is 1. The third-order valence-electron chi connectivity index (χ3n) is 3.81. The number of benzene rings is 1. The van der Waals surface area contributed by atoms with Gasteiger partial charge in [0.25, 0.3) is 0 Å². The first-order chi connectivity index (χ1) is 10.5. The monoisotopic (exact) mass is 308 g/mol. The molecule has 0 fully saturated rings. The standard InChI is InChI=1S/C16H21FN2O3/c1-3-7-18-10-12(9-16(21)22)19(15(20)4-2)14-8-11(17)5-6-13(14)18/h5-6,8,12H,3-4,7,9-10H2,1-2H3,(H,21,22)/t12-/m0/s1. The van der Waals surface area contributed by atoms with Crippen LogP contribution >= 0.6 is 0 Å². The second-order valence-electron chi connectivity index (χ2n) is 5.45. The summed E-state index contributed by atoms with van der Waals surface area (Å²) >= 11 is 0. The molecule has 1 aliphatic rings. The van der Waals surface area contributed by atoms with Crippen LogP contribution in [0.25, 0.3) is 0 Å². The summed E-state index contributed by atoms with van der Waals surface area (Å²) in [5.41, 5.74) is 1.25. The highest BCUT2D eigenvalue weighted by Crippen LogP contribution is 2.37. The van der Waals surface area contributed by atoms with Crippen LogP contribution in [-0.2, 0) is 9.59 Å². The van der Waals surface area contributed by atoms with Gasteiger partial charge in [0, 0.05) is 19.5 Å². The number of aliphatic carboxylic acids is 1. The van der Waals surface area contributed by atoms with Gasteiger partial charge in [0.2, 0.25) is 5.91 Å². The molecule has 1 aliphatic heterocycles. The highest BCUT2D eigenvalue weighted by Gasteiger charge is 2.35. The number of fused-ring (bicyclic) bond motifs is 1. The minimum Gasteiger partial charge on any atom is -0.481 e. The summed E-state index contributed by atoms with van der Waals surface area (Å²) in [5.74, 6) is -1.58. The summed E-state index contributed by atoms with van der Waals surface area (Å²) in [4.78, 5) is 26.9. The van der Waals surface area contributed by atoms with E-state index in [0.717, 1.165) is 18.7 Å². The van der Waals surface area contributed by atoms with Gasteiger partial charge in [0.15, 0.2) is 0 Å². The Balaban J connectivity index is 2.50. The third kappa shape index (κ3) is 3.21. The average molecular weight is 308 g/mol. The zero-order valence-corrected chi connectivity index (χ0v) is 12.9. The Morgan fingerprint density at radius 3 is 2.64 bits per heavy atom. The van der Waals surface area contributed by atoms with Crippen molar-refractivity contribution in [3.63, 3.8) is 0 Å². The van der Waals surface area contributed by atoms with Crippen LogP contribution in [0.1, 0.15) is 33.1 Å². The molecule has 0 saturated heterocycles. The lowest BCUT2D eigenvalue weighted by atomic mass is 10.0. The molecule has 1 aromatic carbocycles. The number of halogens is 1. The van der Waals surface area contributed by atoms with Gasteiger partial charge in [-0.15, -0.1) is 0 Å². The van der Waals surface area contributed by atoms with E-state index >= 15 is 0 Å². The fourth-order valence-corrected chi connectivity index (χ4v) is 2.94. The van der Waals surface area contributed by atoms with Gasteiger partial charge in [-0.1, -0.05) is 13.8 Å². The number of anilines is 2. The Morgan fingerprint density at radius 2 is 2.05 bits per heavy atom. The van der Waals surface area contributed by atoms with Crippen LogP contribution in [0.5, 0.6) is 0 Å². The summed E-state index contributed by atoms with van der Waals surface area (Å²) in [6.07, 6.45) is 0.986. The van der Waals surface area contributed by atoms with Gasteiger partial charge in [0.05, 0.1) is 23.8 Å². The molecule has 0 bridgehead atoms. The van der Waals surface area contributed by atoms with E-state index in [2.05, 4.69) is 0 Å². The minimum atomic E-state index is -0.963. The summed E-state index contributed by atoms with van der Waals surface area (Å²) in [5, 5.41) is 9.13. The Kier molecular flexibility index (Phi) is 5.00. The Morgan fingerprint density at radius 1 is 1.32 bits per heavy atom. The SMILES string of the molecule is CCCN1C[C@H](CC(=O)O)N(C(=O)CC)c2cc(F)ccc21. The van der Waals surface area contributed by atoms with Crippen LogP contribution in [0.15, 0.2) is 18.2 Å². The number of rotatable bonds is 5. The molecule has 6 heteroatoms. The zero-order valence-electron chi connectivity index (χ0n) is 12.9. The molecule has 2 rings (SSSR count). The highest BCUT2D eigenvalue weighted by molar-refractivity contribution is 5.99. The van der Waals surface area contributed by atoms with Gasteiger partial charge < -0.3 is 14.9 Å². The van der Waals surface area contributed by atoms with E-state index in [0.29, 0.717) is 12.2 Å². The Bertz CT molecular complexity index is 577. The molecule has 0 unspecified atom stereocenters. The Labute approximate surface area is 129 Å². The normalized spacial score (nSPS) is 17.3. The maximum atomic E-state index is 13.7. The third-order valence-corrected chi connectivity index (χ3v) is 3.81. The van der Waals surface area contributed by atoms with Gasteiger partial charge >= 0.3 is 5.97 Å². The maximum absolute atomic E-state index is 13.7. The number of amides is 1. The first-order valence-corrected chi connectivity index (χ1v) is 7.56. The van der Waals surface area contributed by atoms with Gasteiger partial charge in [0.1, 0.15) is 5.82 Å². The zero-order chi connectivity index (χ0) is 16.3. The first-order valence-electron chi connectivity index (χ1n) is 7.56. The number of hydrogen-bond acceptors (Lipinski definition) is 3. The predicted molar refractivity (Wildman–Crippen MR) is 82.7 cm³/mol. The van der Waals surface area contributed by atoms with E-state index in [4.69, 9.17) is 5.11 Å². The van der Waals surface area contributed by atoms with Gasteiger partial charge in [-0.25, -0.2) is 4.39 Å². The number of carbonyl (C=O) groups is 2. The van der Waals surface area contributed by atoms with Crippen LogP contribution in [0.4, 0.5) is 15.8 Å². The smallest absolute Gasteiger partial charge is 0.305 e. The summed E-state index contributed by atoms with van der Waals surface area (Å²) in [6, 6.07) is 3.87. The van der Waals surface area contributed by atoms with Gasteiger partial charge in [-0.3, -0.25) is 9.59 Å². The lowest BCUT2D eigenvalue weighted by molar-refractivity contribution is -0.137. The molecule has 5 nitrogen and oxygen atoms in total. The summed E-state index contributed by atoms with van der Waals surface area (Å²) < 4.78 is 13.7. The molecule has 0 spiro atoms. The maximum Gasteiger partial charge on any atom is 0.305 e. The van der Waals surface area contributed by atoms with Crippen molar-refractivity contribution in [1.82, 2.24) is 0 Å². The van der Waals surface area contributed by atoms with Crippen molar-refractivity contribution in [2.75, 3.05) is 22.9 Å². The van der Waals surface area contributed by atoms with Crippen molar-refractivity contribution >= 4 is 23.3 Å². The van der Waals surface area contributed by atoms with Crippen LogP contribution in [-0.4, -0.2) is 36.1 Å². The highest BCUT2D eigenvalue weighted by atomic mass is 19.1. The van der Waals surface area contributed by atoms with Crippen LogP contribution in [0.3, 0.4) is 0 Å². The molecule has 1 heterocycles. The summed E-state index contributed by atoms with van der Waals surface area (Å²) in [7, 11) is 0. The van der Waals surface area contributed by atoms with Gasteiger partial charge in [-0.05, 0) is 24.6 Å². The summed E-state index contributed by atoms with van der Waals surface area (Å²) in [6.45, 7) is 4.93. The average Bonchev–Trinajstić information content (AvgIpc) is 2.46. The fraction of sp³-hybridized carbons (Fsp3) is 0.500. The van der Waals surface area contributed by atoms with Crippen molar-refractivity contribution in [1.29, 1.82) is 0 Å². The van der Waals surface area contributed by atoms with Gasteiger partial charge in [-0.2, -0.15) is 0 Å². The number of carboxylic acids is 1. The molecule has 22 heavy (non-hydrogen) atoms. The van der Waals surface area contributed by atoms with Crippen LogP contribution < -0.4 is 9.80 Å². The molecule has 0 aromatic heterocycles. The molecule has 0 radical (unpaired) electrons. The number of carbonyl (C=O) groups excluding carboxylic acids is 1. The fourth-order valence-electron chi connectivity index (χ4n) is 2.94. The lowest BCUT2D eigenvalue weighted by Gasteiger charge is -2.43. The van der Waals surface area contributed by atoms with Crippen LogP contribution in [0.2, 0.25) is 0 Å². The Hall–Kier alpha value is -2.11. The topological polar surface area (TPSA) is 60.9 Å². The van der Waals surface area contributed by atoms with E-state index < -0.39 is 17.8 Å². The molecule has 120 valence electrons. The molecule has 1 aromatic rings. The van der Waals surface area contributed by atoms with E-state index in [-0.39, 0.29) is 18.7 Å². The van der Waals surface area contributed by atoms with E-state index in [9.17, 15) is 14.0 Å². The van der Waals surface area contributed by atoms with E-state index in [1.807, 2.05) is 11.8 Å². The molecular formula is C16H21FN2O3. The molecule has 1 N–H and O–H groups in total. The quantitative estimate of drug-likeness (QED) is 0.908. The molecular weight excluding hydrogens is 287 g/mol. The van der Waals surface area contributed by atoms with Crippen molar-refractivity contribution in [2.24, 2.45) is 0 Å². The lowest BCUT2D eigenvalue weighted by Crippen LogP contribution is -2.52. The van der Waals surface area contributed by atoms with Crippen LogP contribution in [0, 0.1) is 5.82 Å². The molecule has 1 amide bonds. The van der Waals surface area contributed by atoms with Crippen molar-refractivity contribution < 1.29 is 19.1 Å². The molecule has 1 atom stereocenters. The molecule has 0 saturated carbocycles. The number of hydrogen-bond donors (Lipinski definition) is 1. The van der Waals surface area contributed by atoms with Crippen molar-refractivity contribution in [2.45, 2.75) is 39.2 Å². The second-order valence-corrected chi connectivity index (χ2v) is 5.45. The number of nitrogens with zero attached hydrogens (tertiary/aromatic N) is 2. The van der Waals surface area contributed by atoms with Crippen molar-refractivity contribution in [3.05, 3.63) is 24.0 Å². The van der Waals surface area contributed by atoms with Crippen molar-refractivity contribution in [3.8, 4) is 0 Å². The minimum absolute atomic E-state index is 0.151.